The van der Waals surface area contributed by atoms with Crippen molar-refractivity contribution in [3.05, 3.63) is 27.2 Å². The highest BCUT2D eigenvalue weighted by Crippen LogP contribution is 2.40. The molecule has 0 radical (unpaired) electrons. The first-order valence-corrected chi connectivity index (χ1v) is 7.81. The minimum absolute atomic E-state index is 0.334. The highest BCUT2D eigenvalue weighted by atomic mass is 79.9. The molecule has 0 amide bonds. The Hall–Kier alpha value is -0.540. The maximum atomic E-state index is 5.67. The van der Waals surface area contributed by atoms with Gasteiger partial charge in [0.25, 0.3) is 0 Å². The van der Waals surface area contributed by atoms with Crippen LogP contribution in [-0.4, -0.2) is 14.2 Å². The fourth-order valence-corrected chi connectivity index (χ4v) is 3.45. The first-order valence-electron chi connectivity index (χ1n) is 7.02. The highest BCUT2D eigenvalue weighted by Gasteiger charge is 2.25. The lowest BCUT2D eigenvalue weighted by atomic mass is 9.85. The maximum Gasteiger partial charge on any atom is 0.126 e. The van der Waals surface area contributed by atoms with Crippen molar-refractivity contribution in [3.8, 4) is 5.75 Å². The van der Waals surface area contributed by atoms with E-state index < -0.39 is 0 Å². The molecule has 1 rings (SSSR count). The smallest absolute Gasteiger partial charge is 0.126 e. The molecule has 0 aliphatic rings. The number of halogens is 1. The Morgan fingerprint density at radius 1 is 1.26 bits per heavy atom. The minimum atomic E-state index is 0.334. The predicted molar refractivity (Wildman–Crippen MR) is 86.0 cm³/mol. The molecule has 0 aromatic heterocycles. The molecule has 3 heteroatoms. The molecule has 0 spiro atoms. The largest absolute Gasteiger partial charge is 0.496 e. The van der Waals surface area contributed by atoms with Gasteiger partial charge < -0.3 is 10.1 Å². The van der Waals surface area contributed by atoms with Gasteiger partial charge in [0, 0.05) is 16.1 Å². The van der Waals surface area contributed by atoms with E-state index in [0.717, 1.165) is 23.1 Å². The van der Waals surface area contributed by atoms with Crippen LogP contribution >= 0.6 is 15.9 Å². The van der Waals surface area contributed by atoms with Crippen molar-refractivity contribution in [3.63, 3.8) is 0 Å². The van der Waals surface area contributed by atoms with E-state index in [-0.39, 0.29) is 0 Å². The second-order valence-electron chi connectivity index (χ2n) is 5.09. The van der Waals surface area contributed by atoms with Gasteiger partial charge in [0.2, 0.25) is 0 Å². The summed E-state index contributed by atoms with van der Waals surface area (Å²) < 4.78 is 6.83. The molecule has 1 aromatic carbocycles. The van der Waals surface area contributed by atoms with Crippen LogP contribution in [0.2, 0.25) is 0 Å². The van der Waals surface area contributed by atoms with Crippen LogP contribution in [0.25, 0.3) is 0 Å². The standard InChI is InChI=1S/C16H26BrNO/c1-7-12(8-2)15(18-5)14-11(4)13(17)9-10(3)16(14)19-6/h9,12,15,18H,7-8H2,1-6H3. The van der Waals surface area contributed by atoms with Crippen LogP contribution in [0.15, 0.2) is 10.5 Å². The van der Waals surface area contributed by atoms with Crippen molar-refractivity contribution < 1.29 is 4.74 Å². The number of methoxy groups -OCH3 is 1. The third kappa shape index (κ3) is 3.32. The van der Waals surface area contributed by atoms with Gasteiger partial charge in [-0.15, -0.1) is 0 Å². The number of hydrogen-bond donors (Lipinski definition) is 1. The van der Waals surface area contributed by atoms with Gasteiger partial charge in [-0.2, -0.15) is 0 Å². The second kappa shape index (κ2) is 7.30. The van der Waals surface area contributed by atoms with Crippen molar-refractivity contribution in [2.45, 2.75) is 46.6 Å². The van der Waals surface area contributed by atoms with Gasteiger partial charge in [-0.3, -0.25) is 0 Å². The molecule has 2 nitrogen and oxygen atoms in total. The summed E-state index contributed by atoms with van der Waals surface area (Å²) in [7, 11) is 3.80. The van der Waals surface area contributed by atoms with Crippen molar-refractivity contribution >= 4 is 15.9 Å². The quantitative estimate of drug-likeness (QED) is 0.812. The Balaban J connectivity index is 3.44. The fraction of sp³-hybridized carbons (Fsp3) is 0.625. The molecule has 1 unspecified atom stereocenters. The number of nitrogens with one attached hydrogen (secondary N) is 1. The van der Waals surface area contributed by atoms with E-state index in [4.69, 9.17) is 4.74 Å². The van der Waals surface area contributed by atoms with E-state index in [0.29, 0.717) is 12.0 Å². The monoisotopic (exact) mass is 327 g/mol. The van der Waals surface area contributed by atoms with Crippen LogP contribution in [-0.2, 0) is 0 Å². The van der Waals surface area contributed by atoms with Gasteiger partial charge in [0.05, 0.1) is 7.11 Å². The normalized spacial score (nSPS) is 12.8. The third-order valence-corrected chi connectivity index (χ3v) is 4.88. The zero-order chi connectivity index (χ0) is 14.6. The Labute approximate surface area is 126 Å². The summed E-state index contributed by atoms with van der Waals surface area (Å²) in [5.74, 6) is 1.64. The van der Waals surface area contributed by atoms with Gasteiger partial charge in [0.15, 0.2) is 0 Å². The zero-order valence-electron chi connectivity index (χ0n) is 12.9. The van der Waals surface area contributed by atoms with Crippen molar-refractivity contribution in [1.82, 2.24) is 5.32 Å². The molecule has 1 atom stereocenters. The number of hydrogen-bond acceptors (Lipinski definition) is 2. The van der Waals surface area contributed by atoms with Crippen molar-refractivity contribution in [1.29, 1.82) is 0 Å². The van der Waals surface area contributed by atoms with E-state index in [9.17, 15) is 0 Å². The highest BCUT2D eigenvalue weighted by molar-refractivity contribution is 9.10. The lowest BCUT2D eigenvalue weighted by molar-refractivity contribution is 0.337. The molecule has 0 heterocycles. The number of ether oxygens (including phenoxy) is 1. The molecule has 0 bridgehead atoms. The van der Waals surface area contributed by atoms with Gasteiger partial charge >= 0.3 is 0 Å². The van der Waals surface area contributed by atoms with Crippen LogP contribution in [0.1, 0.15) is 49.4 Å². The van der Waals surface area contributed by atoms with Crippen molar-refractivity contribution in [2.24, 2.45) is 5.92 Å². The van der Waals surface area contributed by atoms with Crippen molar-refractivity contribution in [2.75, 3.05) is 14.2 Å². The van der Waals surface area contributed by atoms with Gasteiger partial charge in [0.1, 0.15) is 5.75 Å². The van der Waals surface area contributed by atoms with E-state index in [1.54, 1.807) is 7.11 Å². The van der Waals surface area contributed by atoms with Crippen LogP contribution in [0.3, 0.4) is 0 Å². The predicted octanol–water partition coefficient (Wildman–Crippen LogP) is 4.77. The Morgan fingerprint density at radius 3 is 2.26 bits per heavy atom. The molecule has 0 fully saturated rings. The maximum absolute atomic E-state index is 5.67. The summed E-state index contributed by atoms with van der Waals surface area (Å²) in [6.45, 7) is 8.77. The van der Waals surface area contributed by atoms with Gasteiger partial charge in [-0.05, 0) is 44.0 Å². The zero-order valence-corrected chi connectivity index (χ0v) is 14.5. The molecule has 1 N–H and O–H groups in total. The second-order valence-corrected chi connectivity index (χ2v) is 5.94. The Kier molecular flexibility index (Phi) is 6.34. The van der Waals surface area contributed by atoms with Gasteiger partial charge in [-0.25, -0.2) is 0 Å². The fourth-order valence-electron chi connectivity index (χ4n) is 2.90. The average molecular weight is 328 g/mol. The van der Waals surface area contributed by atoms with Gasteiger partial charge in [-0.1, -0.05) is 42.6 Å². The number of aryl methyl sites for hydroxylation is 1. The summed E-state index contributed by atoms with van der Waals surface area (Å²) >= 11 is 3.67. The average Bonchev–Trinajstić information content (AvgIpc) is 2.40. The molecule has 0 aliphatic carbocycles. The molecular weight excluding hydrogens is 302 g/mol. The summed E-state index contributed by atoms with van der Waals surface area (Å²) in [6, 6.07) is 2.47. The molecular formula is C16H26BrNO. The Morgan fingerprint density at radius 2 is 1.84 bits per heavy atom. The lowest BCUT2D eigenvalue weighted by Gasteiger charge is -2.29. The van der Waals surface area contributed by atoms with E-state index in [1.165, 1.54) is 16.7 Å². The van der Waals surface area contributed by atoms with Crippen LogP contribution in [0.5, 0.6) is 5.75 Å². The van der Waals surface area contributed by atoms with Crippen LogP contribution in [0, 0.1) is 19.8 Å². The third-order valence-electron chi connectivity index (χ3n) is 4.05. The van der Waals surface area contributed by atoms with Crippen LogP contribution in [0.4, 0.5) is 0 Å². The summed E-state index contributed by atoms with van der Waals surface area (Å²) in [5, 5.41) is 3.49. The molecule has 0 saturated heterocycles. The van der Waals surface area contributed by atoms with Crippen LogP contribution < -0.4 is 10.1 Å². The minimum Gasteiger partial charge on any atom is -0.496 e. The van der Waals surface area contributed by atoms with E-state index >= 15 is 0 Å². The first kappa shape index (κ1) is 16.5. The molecule has 19 heavy (non-hydrogen) atoms. The lowest BCUT2D eigenvalue weighted by Crippen LogP contribution is -2.26. The summed E-state index contributed by atoms with van der Waals surface area (Å²) in [4.78, 5) is 0. The van der Waals surface area contributed by atoms with E-state index in [1.807, 2.05) is 7.05 Å². The topological polar surface area (TPSA) is 21.3 Å². The molecule has 0 saturated carbocycles. The first-order chi connectivity index (χ1) is 9.01. The molecule has 0 aliphatic heterocycles. The summed E-state index contributed by atoms with van der Waals surface area (Å²) in [5.41, 5.74) is 3.75. The Bertz CT molecular complexity index is 427. The summed E-state index contributed by atoms with van der Waals surface area (Å²) in [6.07, 6.45) is 2.33. The number of benzene rings is 1. The van der Waals surface area contributed by atoms with E-state index in [2.05, 4.69) is 55.0 Å². The molecule has 1 aromatic rings. The molecule has 108 valence electrons. The SMILES string of the molecule is CCC(CC)C(NC)c1c(C)c(Br)cc(C)c1OC. The number of rotatable bonds is 6.